The number of nitrogens with zero attached hydrogens (tertiary/aromatic N) is 3. The molecule has 3 nitrogen and oxygen atoms in total. The summed E-state index contributed by atoms with van der Waals surface area (Å²) in [5.74, 6) is 0. The van der Waals surface area contributed by atoms with Crippen LogP contribution in [0, 0.1) is 0 Å². The summed E-state index contributed by atoms with van der Waals surface area (Å²) in [6.45, 7) is 0.497. The molecule has 2 heterocycles. The van der Waals surface area contributed by atoms with E-state index in [-0.39, 0.29) is 0 Å². The van der Waals surface area contributed by atoms with Gasteiger partial charge in [-0.25, -0.2) is 0 Å². The number of hydrogen-bond acceptors (Lipinski definition) is 3. The normalized spacial score (nSPS) is 12.4. The summed E-state index contributed by atoms with van der Waals surface area (Å²) in [5.41, 5.74) is 16.2. The van der Waals surface area contributed by atoms with Crippen LogP contribution in [-0.2, 0) is 0 Å². The van der Waals surface area contributed by atoms with E-state index in [2.05, 4.69) is 135 Å². The van der Waals surface area contributed by atoms with Crippen molar-refractivity contribution >= 4 is 50.6 Å². The number of fused-ring (bicyclic) bond motifs is 4. The Kier molecular flexibility index (Phi) is 9.11. The van der Waals surface area contributed by atoms with Crippen molar-refractivity contribution in [3.8, 4) is 0 Å². The molecule has 38 heavy (non-hydrogen) atoms. The van der Waals surface area contributed by atoms with Crippen LogP contribution in [0.4, 0.5) is 0 Å². The minimum absolute atomic E-state index is 0.497. The molecule has 188 valence electrons. The lowest BCUT2D eigenvalue weighted by Gasteiger charge is -2.21. The van der Waals surface area contributed by atoms with Crippen LogP contribution in [-0.4, -0.2) is 11.9 Å². The largest absolute Gasteiger partial charge is 0.0937 e. The topological polar surface area (TPSA) is 48.8 Å². The van der Waals surface area contributed by atoms with Gasteiger partial charge in [0, 0.05) is 36.4 Å². The van der Waals surface area contributed by atoms with Gasteiger partial charge in [0.2, 0.25) is 0 Å². The van der Waals surface area contributed by atoms with Gasteiger partial charge in [0.15, 0.2) is 0 Å². The number of alkyl halides is 1. The summed E-state index contributed by atoms with van der Waals surface area (Å²) in [6.07, 6.45) is 6.33. The average Bonchev–Trinajstić information content (AvgIpc) is 2.97. The van der Waals surface area contributed by atoms with E-state index in [1.54, 1.807) is 0 Å². The lowest BCUT2D eigenvalue weighted by molar-refractivity contribution is 0.992. The van der Waals surface area contributed by atoms with Gasteiger partial charge in [-0.3, -0.25) is 0 Å². The van der Waals surface area contributed by atoms with Gasteiger partial charge in [-0.15, -0.1) is 0 Å². The zero-order valence-electron chi connectivity index (χ0n) is 20.8. The zero-order valence-corrected chi connectivity index (χ0v) is 24.0. The Morgan fingerprint density at radius 2 is 0.974 bits per heavy atom. The fourth-order valence-corrected chi connectivity index (χ4v) is 7.03. The molecular weight excluding hydrogens is 570 g/mol. The summed E-state index contributed by atoms with van der Waals surface area (Å²) in [6, 6.07) is 34.2. The Morgan fingerprint density at radius 3 is 1.34 bits per heavy atom. The van der Waals surface area contributed by atoms with E-state index in [1.807, 2.05) is 23.5 Å². The van der Waals surface area contributed by atoms with E-state index in [1.165, 1.54) is 53.0 Å². The van der Waals surface area contributed by atoms with E-state index in [0.717, 1.165) is 18.2 Å². The molecule has 0 fully saturated rings. The zero-order chi connectivity index (χ0) is 26.2. The van der Waals surface area contributed by atoms with Crippen LogP contribution >= 0.6 is 39.5 Å². The number of rotatable bonds is 5. The molecule has 6 heteroatoms. The van der Waals surface area contributed by atoms with E-state index < -0.39 is 0 Å². The second kappa shape index (κ2) is 13.1. The molecule has 0 unspecified atom stereocenters. The highest BCUT2D eigenvalue weighted by Gasteiger charge is 2.20. The number of azide groups is 1. The van der Waals surface area contributed by atoms with Crippen molar-refractivity contribution in [1.29, 1.82) is 0 Å². The van der Waals surface area contributed by atoms with Crippen LogP contribution in [0.1, 0.15) is 35.1 Å². The van der Waals surface area contributed by atoms with Crippen molar-refractivity contribution in [1.82, 2.24) is 0 Å². The maximum Gasteiger partial charge on any atom is 0.0292 e. The first-order chi connectivity index (χ1) is 18.8. The molecule has 0 atom stereocenters. The maximum absolute atomic E-state index is 8.35. The Morgan fingerprint density at radius 1 is 0.605 bits per heavy atom. The highest BCUT2D eigenvalue weighted by Crippen LogP contribution is 2.46. The van der Waals surface area contributed by atoms with Crippen molar-refractivity contribution in [2.45, 2.75) is 32.4 Å². The molecule has 0 amide bonds. The Labute approximate surface area is 240 Å². The molecule has 0 saturated carbocycles. The molecule has 4 aromatic rings. The highest BCUT2D eigenvalue weighted by molar-refractivity contribution is 9.09. The van der Waals surface area contributed by atoms with Crippen LogP contribution < -0.4 is 0 Å². The molecule has 0 aromatic heterocycles. The summed E-state index contributed by atoms with van der Waals surface area (Å²) < 4.78 is 0. The second-order valence-electron chi connectivity index (χ2n) is 8.65. The quantitative estimate of drug-likeness (QED) is 0.0654. The first-order valence-electron chi connectivity index (χ1n) is 12.5. The van der Waals surface area contributed by atoms with Gasteiger partial charge in [-0.05, 0) is 76.0 Å². The molecule has 0 N–H and O–H groups in total. The van der Waals surface area contributed by atoms with Gasteiger partial charge in [0.05, 0.1) is 0 Å². The number of allylic oxidation sites excluding steroid dienone is 1. The molecule has 4 aromatic carbocycles. The van der Waals surface area contributed by atoms with Gasteiger partial charge in [0.1, 0.15) is 0 Å². The Hall–Kier alpha value is -3.15. The van der Waals surface area contributed by atoms with Crippen LogP contribution in [0.25, 0.3) is 21.6 Å². The van der Waals surface area contributed by atoms with Crippen LogP contribution in [0.5, 0.6) is 0 Å². The molecule has 0 saturated heterocycles. The number of hydrogen-bond donors (Lipinski definition) is 0. The molecular formula is C32H26BrN3S2. The van der Waals surface area contributed by atoms with Crippen LogP contribution in [0.2, 0.25) is 0 Å². The van der Waals surface area contributed by atoms with Crippen LogP contribution in [0.15, 0.2) is 134 Å². The van der Waals surface area contributed by atoms with E-state index >= 15 is 0 Å². The highest BCUT2D eigenvalue weighted by atomic mass is 79.9. The fraction of sp³-hybridized carbons (Fsp3) is 0.125. The van der Waals surface area contributed by atoms with Crippen molar-refractivity contribution in [2.24, 2.45) is 5.11 Å². The predicted octanol–water partition coefficient (Wildman–Crippen LogP) is 10.7. The molecule has 0 radical (unpaired) electrons. The van der Waals surface area contributed by atoms with Crippen LogP contribution in [0.3, 0.4) is 0 Å². The molecule has 0 aliphatic carbocycles. The van der Waals surface area contributed by atoms with Gasteiger partial charge in [-0.2, -0.15) is 0 Å². The third-order valence-electron chi connectivity index (χ3n) is 6.25. The lowest BCUT2D eigenvalue weighted by Crippen LogP contribution is -1.98. The molecule has 2 aliphatic heterocycles. The summed E-state index contributed by atoms with van der Waals surface area (Å²) >= 11 is 7.18. The van der Waals surface area contributed by atoms with E-state index in [4.69, 9.17) is 5.53 Å². The lowest BCUT2D eigenvalue weighted by atomic mass is 9.96. The Bertz CT molecular complexity index is 1460. The molecule has 6 rings (SSSR count). The fourth-order valence-electron chi connectivity index (χ4n) is 4.59. The van der Waals surface area contributed by atoms with Gasteiger partial charge < -0.3 is 0 Å². The van der Waals surface area contributed by atoms with Crippen molar-refractivity contribution in [2.75, 3.05) is 11.9 Å². The van der Waals surface area contributed by atoms with Gasteiger partial charge in [0.25, 0.3) is 0 Å². The molecule has 2 aliphatic rings. The standard InChI is InChI=1S/C16H13BrS.C16H13N3S/c17-11-5-8-12-13-6-1-3-9-15(13)18-16-10-4-2-7-14(12)16;17-19-18-11-5-8-12-13-6-1-3-9-15(13)20-16-10-4-2-7-14(12)16/h1-4,6-10H,5,11H2;1-4,6-10H,5,11H2. The summed E-state index contributed by atoms with van der Waals surface area (Å²) in [7, 11) is 0. The minimum atomic E-state index is 0.497. The SMILES string of the molecule is BrCCC=C1c2ccccc2Sc2ccccc21.[N-]=[N+]=NCCC=C1c2ccccc2Sc2ccccc21. The maximum atomic E-state index is 8.35. The third kappa shape index (κ3) is 5.95. The predicted molar refractivity (Wildman–Crippen MR) is 165 cm³/mol. The van der Waals surface area contributed by atoms with Crippen molar-refractivity contribution < 1.29 is 0 Å². The molecule has 0 bridgehead atoms. The molecule has 0 spiro atoms. The smallest absolute Gasteiger partial charge is 0.0292 e. The summed E-state index contributed by atoms with van der Waals surface area (Å²) in [4.78, 5) is 8.07. The van der Waals surface area contributed by atoms with Gasteiger partial charge >= 0.3 is 0 Å². The number of benzene rings is 4. The average molecular weight is 597 g/mol. The minimum Gasteiger partial charge on any atom is -0.0937 e. The van der Waals surface area contributed by atoms with Gasteiger partial charge in [-0.1, -0.05) is 130 Å². The van der Waals surface area contributed by atoms with Crippen molar-refractivity contribution in [3.05, 3.63) is 142 Å². The first-order valence-corrected chi connectivity index (χ1v) is 15.3. The second-order valence-corrected chi connectivity index (χ2v) is 11.6. The van der Waals surface area contributed by atoms with E-state index in [0.29, 0.717) is 6.54 Å². The monoisotopic (exact) mass is 595 g/mol. The summed E-state index contributed by atoms with van der Waals surface area (Å²) in [5, 5.41) is 4.61. The Balaban J connectivity index is 0.000000156. The van der Waals surface area contributed by atoms with Crippen molar-refractivity contribution in [3.63, 3.8) is 0 Å². The first kappa shape index (κ1) is 26.5. The third-order valence-corrected chi connectivity index (χ3v) is 9.01. The van der Waals surface area contributed by atoms with E-state index in [9.17, 15) is 0 Å². The number of halogens is 1.